The van der Waals surface area contributed by atoms with Crippen LogP contribution < -0.4 is 5.32 Å². The molecule has 0 heterocycles. The second-order valence-electron chi connectivity index (χ2n) is 1.89. The lowest BCUT2D eigenvalue weighted by Gasteiger charge is -1.95. The van der Waals surface area contributed by atoms with E-state index in [0.29, 0.717) is 19.4 Å². The predicted octanol–water partition coefficient (Wildman–Crippen LogP) is 0.430. The monoisotopic (exact) mass is 150 g/mol. The van der Waals surface area contributed by atoms with Crippen molar-refractivity contribution in [3.05, 3.63) is 0 Å². The normalized spacial score (nSPS) is 7.27. The molecule has 0 atom stereocenters. The topological polar surface area (TPSA) is 52.9 Å². The summed E-state index contributed by atoms with van der Waals surface area (Å²) in [5.74, 6) is 4.55. The standard InChI is InChI=1S/C8H10N2O/c1-2-5-8(11)10-7-4-3-6-9/h3-4,7H2,1H3,(H,10,11). The summed E-state index contributed by atoms with van der Waals surface area (Å²) in [5.41, 5.74) is 0. The third-order valence-electron chi connectivity index (χ3n) is 0.989. The van der Waals surface area contributed by atoms with Crippen molar-refractivity contribution in [3.63, 3.8) is 0 Å². The van der Waals surface area contributed by atoms with Crippen LogP contribution in [0.2, 0.25) is 0 Å². The van der Waals surface area contributed by atoms with Crippen molar-refractivity contribution in [1.29, 1.82) is 5.26 Å². The molecule has 0 aliphatic rings. The second-order valence-corrected chi connectivity index (χ2v) is 1.89. The number of rotatable bonds is 3. The fourth-order valence-electron chi connectivity index (χ4n) is 0.527. The van der Waals surface area contributed by atoms with Crippen molar-refractivity contribution in [1.82, 2.24) is 5.32 Å². The summed E-state index contributed by atoms with van der Waals surface area (Å²) in [6.07, 6.45) is 1.16. The molecule has 0 bridgehead atoms. The highest BCUT2D eigenvalue weighted by Crippen LogP contribution is 1.81. The van der Waals surface area contributed by atoms with E-state index >= 15 is 0 Å². The first-order valence-electron chi connectivity index (χ1n) is 3.38. The molecule has 0 aliphatic heterocycles. The molecule has 0 spiro atoms. The molecule has 0 fully saturated rings. The Hall–Kier alpha value is -1.48. The Bertz CT molecular complexity index is 216. The minimum Gasteiger partial charge on any atom is -0.345 e. The van der Waals surface area contributed by atoms with Crippen molar-refractivity contribution in [2.45, 2.75) is 19.8 Å². The molecule has 0 saturated carbocycles. The molecule has 0 aliphatic carbocycles. The van der Waals surface area contributed by atoms with Crippen LogP contribution in [0.3, 0.4) is 0 Å². The molecule has 0 saturated heterocycles. The molecule has 0 rings (SSSR count). The molecule has 58 valence electrons. The zero-order chi connectivity index (χ0) is 8.53. The lowest BCUT2D eigenvalue weighted by Crippen LogP contribution is -2.22. The van der Waals surface area contributed by atoms with Crippen LogP contribution in [0.15, 0.2) is 0 Å². The van der Waals surface area contributed by atoms with Gasteiger partial charge >= 0.3 is 0 Å². The highest BCUT2D eigenvalue weighted by Gasteiger charge is 1.91. The Labute approximate surface area is 66.4 Å². The van der Waals surface area contributed by atoms with Gasteiger partial charge < -0.3 is 5.32 Å². The SMILES string of the molecule is CC#CC(=O)NCCCC#N. The van der Waals surface area contributed by atoms with Crippen LogP contribution in [0.25, 0.3) is 0 Å². The van der Waals surface area contributed by atoms with Crippen LogP contribution in [0, 0.1) is 23.2 Å². The Balaban J connectivity index is 3.31. The van der Waals surface area contributed by atoms with Crippen LogP contribution in [0.5, 0.6) is 0 Å². The van der Waals surface area contributed by atoms with Gasteiger partial charge in [0.1, 0.15) is 0 Å². The molecular weight excluding hydrogens is 140 g/mol. The molecule has 0 aromatic carbocycles. The zero-order valence-corrected chi connectivity index (χ0v) is 6.48. The van der Waals surface area contributed by atoms with Gasteiger partial charge in [-0.3, -0.25) is 4.79 Å². The van der Waals surface area contributed by atoms with E-state index in [1.165, 1.54) is 0 Å². The summed E-state index contributed by atoms with van der Waals surface area (Å²) in [6.45, 7) is 2.13. The van der Waals surface area contributed by atoms with E-state index in [1.54, 1.807) is 6.92 Å². The van der Waals surface area contributed by atoms with E-state index in [1.807, 2.05) is 6.07 Å². The van der Waals surface area contributed by atoms with Gasteiger partial charge in [-0.2, -0.15) is 5.26 Å². The lowest BCUT2D eigenvalue weighted by molar-refractivity contribution is -0.115. The number of unbranched alkanes of at least 4 members (excludes halogenated alkanes) is 1. The summed E-state index contributed by atoms with van der Waals surface area (Å²) in [5, 5.41) is 10.7. The van der Waals surface area contributed by atoms with E-state index in [4.69, 9.17) is 5.26 Å². The van der Waals surface area contributed by atoms with Crippen molar-refractivity contribution in [3.8, 4) is 17.9 Å². The molecule has 0 unspecified atom stereocenters. The van der Waals surface area contributed by atoms with Gasteiger partial charge in [0, 0.05) is 13.0 Å². The largest absolute Gasteiger partial charge is 0.345 e. The van der Waals surface area contributed by atoms with E-state index in [9.17, 15) is 4.79 Å². The Morgan fingerprint density at radius 3 is 2.91 bits per heavy atom. The van der Waals surface area contributed by atoms with Gasteiger partial charge in [0.2, 0.25) is 0 Å². The number of nitrogens with one attached hydrogen (secondary N) is 1. The quantitative estimate of drug-likeness (QED) is 0.468. The minimum atomic E-state index is -0.273. The number of hydrogen-bond acceptors (Lipinski definition) is 2. The average Bonchev–Trinajstić information content (AvgIpc) is 1.99. The maximum absolute atomic E-state index is 10.6. The molecule has 1 amide bonds. The van der Waals surface area contributed by atoms with Crippen LogP contribution in [0.4, 0.5) is 0 Å². The Kier molecular flexibility index (Phi) is 5.74. The first-order valence-corrected chi connectivity index (χ1v) is 3.38. The summed E-state index contributed by atoms with van der Waals surface area (Å²) < 4.78 is 0. The van der Waals surface area contributed by atoms with Crippen LogP contribution in [0.1, 0.15) is 19.8 Å². The maximum atomic E-state index is 10.6. The smallest absolute Gasteiger partial charge is 0.295 e. The van der Waals surface area contributed by atoms with Crippen LogP contribution >= 0.6 is 0 Å². The predicted molar refractivity (Wildman–Crippen MR) is 41.3 cm³/mol. The number of nitrogens with zero attached hydrogens (tertiary/aromatic N) is 1. The molecule has 3 heteroatoms. The summed E-state index contributed by atoms with van der Waals surface area (Å²) in [4.78, 5) is 10.6. The molecule has 1 N–H and O–H groups in total. The Morgan fingerprint density at radius 2 is 2.36 bits per heavy atom. The van der Waals surface area contributed by atoms with Gasteiger partial charge in [-0.15, -0.1) is 0 Å². The van der Waals surface area contributed by atoms with Crippen molar-refractivity contribution in [2.24, 2.45) is 0 Å². The molecular formula is C8H10N2O. The fraction of sp³-hybridized carbons (Fsp3) is 0.500. The van der Waals surface area contributed by atoms with Gasteiger partial charge in [0.25, 0.3) is 5.91 Å². The summed E-state index contributed by atoms with van der Waals surface area (Å²) >= 11 is 0. The average molecular weight is 150 g/mol. The van der Waals surface area contributed by atoms with Gasteiger partial charge in [-0.05, 0) is 19.3 Å². The maximum Gasteiger partial charge on any atom is 0.295 e. The van der Waals surface area contributed by atoms with Gasteiger partial charge in [0.15, 0.2) is 0 Å². The van der Waals surface area contributed by atoms with Gasteiger partial charge in [0.05, 0.1) is 6.07 Å². The zero-order valence-electron chi connectivity index (χ0n) is 6.48. The van der Waals surface area contributed by atoms with Crippen molar-refractivity contribution >= 4 is 5.91 Å². The summed E-state index contributed by atoms with van der Waals surface area (Å²) in [7, 11) is 0. The fourth-order valence-corrected chi connectivity index (χ4v) is 0.527. The van der Waals surface area contributed by atoms with Gasteiger partial charge in [-0.25, -0.2) is 0 Å². The van der Waals surface area contributed by atoms with Gasteiger partial charge in [-0.1, -0.05) is 5.92 Å². The highest BCUT2D eigenvalue weighted by molar-refractivity contribution is 5.93. The molecule has 3 nitrogen and oxygen atoms in total. The number of carbonyl (C=O) groups is 1. The third-order valence-corrected chi connectivity index (χ3v) is 0.989. The molecule has 0 aromatic rings. The number of hydrogen-bond donors (Lipinski definition) is 1. The minimum absolute atomic E-state index is 0.273. The lowest BCUT2D eigenvalue weighted by atomic mass is 10.3. The number of carbonyl (C=O) groups excluding carboxylic acids is 1. The van der Waals surface area contributed by atoms with E-state index in [-0.39, 0.29) is 5.91 Å². The molecule has 0 radical (unpaired) electrons. The number of amides is 1. The van der Waals surface area contributed by atoms with Crippen molar-refractivity contribution < 1.29 is 4.79 Å². The first kappa shape index (κ1) is 9.52. The Morgan fingerprint density at radius 1 is 1.64 bits per heavy atom. The van der Waals surface area contributed by atoms with E-state index in [2.05, 4.69) is 17.2 Å². The number of nitriles is 1. The van der Waals surface area contributed by atoms with Crippen LogP contribution in [-0.2, 0) is 4.79 Å². The van der Waals surface area contributed by atoms with E-state index < -0.39 is 0 Å². The third kappa shape index (κ3) is 6.40. The summed E-state index contributed by atoms with van der Waals surface area (Å²) in [6, 6.07) is 1.99. The molecule has 0 aromatic heterocycles. The highest BCUT2D eigenvalue weighted by atomic mass is 16.1. The van der Waals surface area contributed by atoms with Crippen molar-refractivity contribution in [2.75, 3.05) is 6.54 Å². The first-order chi connectivity index (χ1) is 5.31. The van der Waals surface area contributed by atoms with E-state index in [0.717, 1.165) is 0 Å². The van der Waals surface area contributed by atoms with Crippen LogP contribution in [-0.4, -0.2) is 12.5 Å². The second kappa shape index (κ2) is 6.64. The molecule has 11 heavy (non-hydrogen) atoms.